The molecule has 1 fully saturated rings. The van der Waals surface area contributed by atoms with E-state index < -0.39 is 0 Å². The fourth-order valence-corrected chi connectivity index (χ4v) is 2.42. The molecule has 2 aliphatic rings. The average molecular weight is 278 g/mol. The van der Waals surface area contributed by atoms with Gasteiger partial charge in [-0.15, -0.1) is 0 Å². The van der Waals surface area contributed by atoms with E-state index in [4.69, 9.17) is 0 Å². The zero-order valence-electron chi connectivity index (χ0n) is 12.0. The molecule has 6 nitrogen and oxygen atoms in total. The number of urea groups is 1. The van der Waals surface area contributed by atoms with Gasteiger partial charge in [-0.2, -0.15) is 0 Å². The highest BCUT2D eigenvalue weighted by Gasteiger charge is 2.23. The molecule has 2 aliphatic heterocycles. The van der Waals surface area contributed by atoms with Crippen molar-refractivity contribution in [3.63, 3.8) is 0 Å². The number of hydrogen-bond donors (Lipinski definition) is 1. The molecule has 1 N–H and O–H groups in total. The highest BCUT2D eigenvalue weighted by molar-refractivity contribution is 5.92. The largest absolute Gasteiger partial charge is 0.338 e. The van der Waals surface area contributed by atoms with E-state index in [9.17, 15) is 9.59 Å². The number of rotatable bonds is 4. The van der Waals surface area contributed by atoms with E-state index in [1.54, 1.807) is 17.1 Å². The van der Waals surface area contributed by atoms with Gasteiger partial charge in [0, 0.05) is 57.6 Å². The summed E-state index contributed by atoms with van der Waals surface area (Å²) in [5, 5.41) is 2.81. The highest BCUT2D eigenvalue weighted by Crippen LogP contribution is 2.12. The van der Waals surface area contributed by atoms with Crippen LogP contribution in [0.2, 0.25) is 0 Å². The van der Waals surface area contributed by atoms with Gasteiger partial charge < -0.3 is 15.1 Å². The van der Waals surface area contributed by atoms with Crippen LogP contribution in [0.15, 0.2) is 24.4 Å². The summed E-state index contributed by atoms with van der Waals surface area (Å²) in [6, 6.07) is 0.0134. The first-order valence-corrected chi connectivity index (χ1v) is 7.05. The number of carbonyl (C=O) groups is 2. The number of allylic oxidation sites excluding steroid dienone is 1. The summed E-state index contributed by atoms with van der Waals surface area (Å²) in [7, 11) is 0. The van der Waals surface area contributed by atoms with Crippen molar-refractivity contribution >= 4 is 11.9 Å². The SMILES string of the molecule is C=C1C=CC(=O)N1CCN1CCN(C(=O)NCC)CC1. The molecule has 0 bridgehead atoms. The van der Waals surface area contributed by atoms with Gasteiger partial charge in [-0.05, 0) is 13.0 Å². The molecule has 110 valence electrons. The van der Waals surface area contributed by atoms with E-state index in [1.807, 2.05) is 11.8 Å². The second-order valence-electron chi connectivity index (χ2n) is 4.98. The van der Waals surface area contributed by atoms with E-state index in [0.29, 0.717) is 13.1 Å². The van der Waals surface area contributed by atoms with Crippen molar-refractivity contribution in [2.45, 2.75) is 6.92 Å². The van der Waals surface area contributed by atoms with Crippen molar-refractivity contribution in [1.29, 1.82) is 0 Å². The molecule has 0 unspecified atom stereocenters. The molecule has 2 heterocycles. The van der Waals surface area contributed by atoms with Gasteiger partial charge >= 0.3 is 6.03 Å². The Morgan fingerprint density at radius 1 is 1.25 bits per heavy atom. The Balaban J connectivity index is 1.71. The summed E-state index contributed by atoms with van der Waals surface area (Å²) in [6.07, 6.45) is 3.30. The summed E-state index contributed by atoms with van der Waals surface area (Å²) < 4.78 is 0. The van der Waals surface area contributed by atoms with Crippen molar-refractivity contribution in [1.82, 2.24) is 20.0 Å². The third-order valence-electron chi connectivity index (χ3n) is 3.66. The predicted octanol–water partition coefficient (Wildman–Crippen LogP) is 0.246. The number of hydrogen-bond acceptors (Lipinski definition) is 3. The number of carbonyl (C=O) groups excluding carboxylic acids is 2. The smallest absolute Gasteiger partial charge is 0.317 e. The standard InChI is InChI=1S/C14H22N4O2/c1-3-15-14(20)17-9-6-16(7-10-17)8-11-18-12(2)4-5-13(18)19/h4-5H,2-3,6-11H2,1H3,(H,15,20). The van der Waals surface area contributed by atoms with Crippen molar-refractivity contribution in [3.05, 3.63) is 24.4 Å². The molecular formula is C14H22N4O2. The summed E-state index contributed by atoms with van der Waals surface area (Å²) in [6.45, 7) is 11.1. The quantitative estimate of drug-likeness (QED) is 0.802. The molecule has 0 spiro atoms. The topological polar surface area (TPSA) is 55.9 Å². The minimum absolute atomic E-state index is 0.0101. The molecule has 0 aromatic carbocycles. The average Bonchev–Trinajstić information content (AvgIpc) is 2.77. The van der Waals surface area contributed by atoms with Crippen LogP contribution in [-0.2, 0) is 4.79 Å². The van der Waals surface area contributed by atoms with Crippen molar-refractivity contribution < 1.29 is 9.59 Å². The molecule has 20 heavy (non-hydrogen) atoms. The van der Waals surface area contributed by atoms with E-state index >= 15 is 0 Å². The summed E-state index contributed by atoms with van der Waals surface area (Å²) in [4.78, 5) is 29.0. The van der Waals surface area contributed by atoms with Crippen LogP contribution in [0, 0.1) is 0 Å². The number of nitrogens with zero attached hydrogens (tertiary/aromatic N) is 3. The lowest BCUT2D eigenvalue weighted by Gasteiger charge is -2.35. The first kappa shape index (κ1) is 14.6. The van der Waals surface area contributed by atoms with Gasteiger partial charge in [0.25, 0.3) is 5.91 Å². The fraction of sp³-hybridized carbons (Fsp3) is 0.571. The second kappa shape index (κ2) is 6.56. The van der Waals surface area contributed by atoms with Crippen LogP contribution in [0.1, 0.15) is 6.92 Å². The Bertz CT molecular complexity index is 407. The molecule has 0 atom stereocenters. The van der Waals surface area contributed by atoms with Crippen LogP contribution >= 0.6 is 0 Å². The van der Waals surface area contributed by atoms with E-state index in [0.717, 1.165) is 38.4 Å². The van der Waals surface area contributed by atoms with Crippen LogP contribution in [0.3, 0.4) is 0 Å². The Hall–Kier alpha value is -1.82. The summed E-state index contributed by atoms with van der Waals surface area (Å²) >= 11 is 0. The highest BCUT2D eigenvalue weighted by atomic mass is 16.2. The maximum atomic E-state index is 11.7. The first-order chi connectivity index (χ1) is 9.61. The number of nitrogens with one attached hydrogen (secondary N) is 1. The Labute approximate surface area is 119 Å². The minimum Gasteiger partial charge on any atom is -0.338 e. The van der Waals surface area contributed by atoms with Crippen LogP contribution in [0.5, 0.6) is 0 Å². The van der Waals surface area contributed by atoms with Gasteiger partial charge in [-0.25, -0.2) is 4.79 Å². The van der Waals surface area contributed by atoms with Gasteiger partial charge in [-0.1, -0.05) is 6.58 Å². The molecule has 0 aromatic rings. The zero-order chi connectivity index (χ0) is 14.5. The Morgan fingerprint density at radius 3 is 2.50 bits per heavy atom. The van der Waals surface area contributed by atoms with Crippen LogP contribution < -0.4 is 5.32 Å². The molecule has 2 rings (SSSR count). The third kappa shape index (κ3) is 3.39. The van der Waals surface area contributed by atoms with E-state index in [2.05, 4.69) is 16.8 Å². The maximum Gasteiger partial charge on any atom is 0.317 e. The van der Waals surface area contributed by atoms with Crippen LogP contribution in [-0.4, -0.2) is 72.5 Å². The van der Waals surface area contributed by atoms with Crippen LogP contribution in [0.4, 0.5) is 4.79 Å². The van der Waals surface area contributed by atoms with Crippen molar-refractivity contribution in [3.8, 4) is 0 Å². The zero-order valence-corrected chi connectivity index (χ0v) is 12.0. The molecule has 0 radical (unpaired) electrons. The summed E-state index contributed by atoms with van der Waals surface area (Å²) in [5.74, 6) is 0.0101. The van der Waals surface area contributed by atoms with Gasteiger partial charge in [-0.3, -0.25) is 9.69 Å². The molecule has 1 saturated heterocycles. The molecule has 0 saturated carbocycles. The molecule has 3 amide bonds. The van der Waals surface area contributed by atoms with Crippen molar-refractivity contribution in [2.24, 2.45) is 0 Å². The van der Waals surface area contributed by atoms with Crippen LogP contribution in [0.25, 0.3) is 0 Å². The minimum atomic E-state index is 0.0101. The second-order valence-corrected chi connectivity index (χ2v) is 4.98. The van der Waals surface area contributed by atoms with E-state index in [1.165, 1.54) is 0 Å². The predicted molar refractivity (Wildman–Crippen MR) is 77.1 cm³/mol. The van der Waals surface area contributed by atoms with Crippen molar-refractivity contribution in [2.75, 3.05) is 45.8 Å². The summed E-state index contributed by atoms with van der Waals surface area (Å²) in [5.41, 5.74) is 0.760. The number of piperazine rings is 1. The third-order valence-corrected chi connectivity index (χ3v) is 3.66. The lowest BCUT2D eigenvalue weighted by atomic mass is 10.3. The molecular weight excluding hydrogens is 256 g/mol. The lowest BCUT2D eigenvalue weighted by Crippen LogP contribution is -2.52. The lowest BCUT2D eigenvalue weighted by molar-refractivity contribution is -0.123. The number of amides is 3. The maximum absolute atomic E-state index is 11.7. The normalized spacial score (nSPS) is 19.9. The molecule has 0 aromatic heterocycles. The Morgan fingerprint density at radius 2 is 1.95 bits per heavy atom. The van der Waals surface area contributed by atoms with Gasteiger partial charge in [0.05, 0.1) is 0 Å². The van der Waals surface area contributed by atoms with E-state index in [-0.39, 0.29) is 11.9 Å². The van der Waals surface area contributed by atoms with Gasteiger partial charge in [0.1, 0.15) is 0 Å². The van der Waals surface area contributed by atoms with Gasteiger partial charge in [0.15, 0.2) is 0 Å². The van der Waals surface area contributed by atoms with Gasteiger partial charge in [0.2, 0.25) is 0 Å². The Kier molecular flexibility index (Phi) is 4.79. The first-order valence-electron chi connectivity index (χ1n) is 7.05. The molecule has 0 aliphatic carbocycles. The monoisotopic (exact) mass is 278 g/mol. The molecule has 6 heteroatoms. The fourth-order valence-electron chi connectivity index (χ4n) is 2.42.